The summed E-state index contributed by atoms with van der Waals surface area (Å²) in [5, 5.41) is 33.8. The summed E-state index contributed by atoms with van der Waals surface area (Å²) < 4.78 is 1.54. The number of fused-ring (bicyclic) bond motifs is 1. The van der Waals surface area contributed by atoms with E-state index >= 15 is 0 Å². The molecular formula is C23H24ClN11. The van der Waals surface area contributed by atoms with Gasteiger partial charge >= 0.3 is 0 Å². The minimum atomic E-state index is 0.280. The van der Waals surface area contributed by atoms with E-state index in [1.165, 1.54) is 10.7 Å². The van der Waals surface area contributed by atoms with E-state index in [-0.39, 0.29) is 5.95 Å². The van der Waals surface area contributed by atoms with Crippen molar-refractivity contribution in [2.45, 2.75) is 24.9 Å². The highest BCUT2D eigenvalue weighted by Crippen LogP contribution is 2.37. The molecule has 178 valence electrons. The highest BCUT2D eigenvalue weighted by molar-refractivity contribution is 6.36. The number of anilines is 4. The van der Waals surface area contributed by atoms with Gasteiger partial charge in [0.1, 0.15) is 11.6 Å². The zero-order valence-corrected chi connectivity index (χ0v) is 19.8. The molecule has 0 atom stereocenters. The molecule has 2 saturated heterocycles. The van der Waals surface area contributed by atoms with Crippen LogP contribution in [0.4, 0.5) is 23.3 Å². The van der Waals surface area contributed by atoms with Crippen molar-refractivity contribution in [2.75, 3.05) is 54.8 Å². The van der Waals surface area contributed by atoms with Gasteiger partial charge in [-0.15, -0.1) is 0 Å². The first-order chi connectivity index (χ1) is 17.1. The predicted octanol–water partition coefficient (Wildman–Crippen LogP) is 1.93. The van der Waals surface area contributed by atoms with Crippen molar-refractivity contribution in [3.05, 3.63) is 34.5 Å². The van der Waals surface area contributed by atoms with E-state index in [2.05, 4.69) is 53.0 Å². The van der Waals surface area contributed by atoms with Crippen molar-refractivity contribution in [3.63, 3.8) is 0 Å². The molecule has 12 heteroatoms. The number of benzene rings is 1. The normalized spacial score (nSPS) is 18.7. The Morgan fingerprint density at radius 1 is 1.06 bits per heavy atom. The quantitative estimate of drug-likeness (QED) is 0.471. The largest absolute Gasteiger partial charge is 0.368 e. The molecule has 1 aliphatic carbocycles. The standard InChI is InChI=1S/C23H24ClN11/c24-20-18(7-14(9-25)8-19(20)34-5-3-33(4-6-34)17-12-27-13-17)30-22-31-21-15(10-26)11-28-35(21)23(32-22)29-16-1-2-16/h7-8,11,16-17,27H,1-6,12-13H2,(H2,29,30,31,32). The molecule has 35 heavy (non-hydrogen) atoms. The summed E-state index contributed by atoms with van der Waals surface area (Å²) in [6.07, 6.45) is 3.60. The number of hydrogen-bond acceptors (Lipinski definition) is 10. The second kappa shape index (κ2) is 8.86. The average molecular weight is 490 g/mol. The molecule has 0 amide bonds. The van der Waals surface area contributed by atoms with Crippen LogP contribution < -0.4 is 20.9 Å². The Labute approximate surface area is 207 Å². The first kappa shape index (κ1) is 21.9. The van der Waals surface area contributed by atoms with Crippen molar-refractivity contribution in [3.8, 4) is 12.1 Å². The van der Waals surface area contributed by atoms with Crippen molar-refractivity contribution in [2.24, 2.45) is 0 Å². The van der Waals surface area contributed by atoms with Crippen LogP contribution in [0, 0.1) is 22.7 Å². The third kappa shape index (κ3) is 4.19. The van der Waals surface area contributed by atoms with Gasteiger partial charge in [-0.25, -0.2) is 0 Å². The summed E-state index contributed by atoms with van der Waals surface area (Å²) in [6, 6.07) is 8.85. The fourth-order valence-corrected chi connectivity index (χ4v) is 4.77. The molecule has 2 aromatic heterocycles. The predicted molar refractivity (Wildman–Crippen MR) is 132 cm³/mol. The maximum Gasteiger partial charge on any atom is 0.232 e. The molecule has 0 spiro atoms. The van der Waals surface area contributed by atoms with Crippen LogP contribution in [0.15, 0.2) is 18.3 Å². The molecule has 0 radical (unpaired) electrons. The number of nitriles is 2. The summed E-state index contributed by atoms with van der Waals surface area (Å²) in [7, 11) is 0. The van der Waals surface area contributed by atoms with Crippen molar-refractivity contribution in [1.29, 1.82) is 10.5 Å². The van der Waals surface area contributed by atoms with Gasteiger partial charge in [-0.3, -0.25) is 4.90 Å². The van der Waals surface area contributed by atoms with Gasteiger partial charge < -0.3 is 20.9 Å². The van der Waals surface area contributed by atoms with Gasteiger partial charge in [-0.05, 0) is 25.0 Å². The summed E-state index contributed by atoms with van der Waals surface area (Å²) in [4.78, 5) is 13.9. The molecule has 0 unspecified atom stereocenters. The van der Waals surface area contributed by atoms with Gasteiger partial charge in [0.2, 0.25) is 11.9 Å². The monoisotopic (exact) mass is 489 g/mol. The third-order valence-electron chi connectivity index (χ3n) is 6.76. The van der Waals surface area contributed by atoms with Crippen LogP contribution in [-0.4, -0.2) is 75.8 Å². The maximum absolute atomic E-state index is 9.68. The van der Waals surface area contributed by atoms with Crippen LogP contribution in [-0.2, 0) is 0 Å². The maximum atomic E-state index is 9.68. The lowest BCUT2D eigenvalue weighted by Gasteiger charge is -2.44. The molecule has 11 nitrogen and oxygen atoms in total. The van der Waals surface area contributed by atoms with Gasteiger partial charge in [0.25, 0.3) is 0 Å². The van der Waals surface area contributed by atoms with Gasteiger partial charge in [0, 0.05) is 51.4 Å². The number of piperazine rings is 1. The van der Waals surface area contributed by atoms with E-state index in [1.807, 2.05) is 6.07 Å². The van der Waals surface area contributed by atoms with Crippen LogP contribution in [0.2, 0.25) is 5.02 Å². The fraction of sp³-hybridized carbons (Fsp3) is 0.435. The smallest absolute Gasteiger partial charge is 0.232 e. The zero-order chi connectivity index (χ0) is 23.9. The molecule has 1 aromatic carbocycles. The topological polar surface area (TPSA) is 133 Å². The van der Waals surface area contributed by atoms with Gasteiger partial charge in [-0.2, -0.15) is 30.1 Å². The minimum Gasteiger partial charge on any atom is -0.368 e. The van der Waals surface area contributed by atoms with Crippen LogP contribution in [0.1, 0.15) is 24.0 Å². The van der Waals surface area contributed by atoms with E-state index in [0.717, 1.165) is 57.8 Å². The van der Waals surface area contributed by atoms with Crippen molar-refractivity contribution in [1.82, 2.24) is 29.8 Å². The molecule has 6 rings (SSSR count). The number of rotatable bonds is 6. The minimum absolute atomic E-state index is 0.280. The second-order valence-electron chi connectivity index (χ2n) is 9.12. The van der Waals surface area contributed by atoms with Gasteiger partial charge in [-0.1, -0.05) is 11.6 Å². The highest BCUT2D eigenvalue weighted by atomic mass is 35.5. The molecule has 3 N–H and O–H groups in total. The summed E-state index contributed by atoms with van der Waals surface area (Å²) in [5.74, 6) is 0.791. The summed E-state index contributed by atoms with van der Waals surface area (Å²) in [5.41, 5.74) is 2.62. The number of nitrogens with zero attached hydrogens (tertiary/aromatic N) is 8. The van der Waals surface area contributed by atoms with E-state index in [0.29, 0.717) is 45.5 Å². The Morgan fingerprint density at radius 2 is 1.86 bits per heavy atom. The SMILES string of the molecule is N#Cc1cc(Nc2nc(NC3CC3)n3ncc(C#N)c3n2)c(Cl)c(N2CCN(C3CNC3)CC2)c1. The average Bonchev–Trinajstić information content (AvgIpc) is 3.56. The van der Waals surface area contributed by atoms with E-state index < -0.39 is 0 Å². The Kier molecular flexibility index (Phi) is 5.53. The van der Waals surface area contributed by atoms with Gasteiger partial charge in [0.15, 0.2) is 5.65 Å². The lowest BCUT2D eigenvalue weighted by Crippen LogP contribution is -2.61. The first-order valence-electron chi connectivity index (χ1n) is 11.8. The molecule has 2 aliphatic heterocycles. The molecule has 0 bridgehead atoms. The molecule has 4 heterocycles. The molecule has 1 saturated carbocycles. The summed E-state index contributed by atoms with van der Waals surface area (Å²) in [6.45, 7) is 5.68. The van der Waals surface area contributed by atoms with E-state index in [4.69, 9.17) is 11.6 Å². The number of hydrogen-bond donors (Lipinski definition) is 3. The van der Waals surface area contributed by atoms with Crippen LogP contribution in [0.25, 0.3) is 5.65 Å². The summed E-state index contributed by atoms with van der Waals surface area (Å²) >= 11 is 6.87. The van der Waals surface area contributed by atoms with Crippen LogP contribution >= 0.6 is 11.6 Å². The number of nitrogens with one attached hydrogen (secondary N) is 3. The van der Waals surface area contributed by atoms with Crippen LogP contribution in [0.3, 0.4) is 0 Å². The van der Waals surface area contributed by atoms with E-state index in [1.54, 1.807) is 6.07 Å². The molecular weight excluding hydrogens is 466 g/mol. The van der Waals surface area contributed by atoms with E-state index in [9.17, 15) is 10.5 Å². The highest BCUT2D eigenvalue weighted by Gasteiger charge is 2.29. The Hall–Kier alpha value is -3.64. The van der Waals surface area contributed by atoms with Crippen molar-refractivity contribution >= 4 is 40.5 Å². The Morgan fingerprint density at radius 3 is 2.51 bits per heavy atom. The molecule has 3 fully saturated rings. The zero-order valence-electron chi connectivity index (χ0n) is 19.0. The van der Waals surface area contributed by atoms with Crippen molar-refractivity contribution < 1.29 is 0 Å². The van der Waals surface area contributed by atoms with Gasteiger partial charge in [0.05, 0.1) is 34.2 Å². The number of aromatic nitrogens is 4. The number of halogens is 1. The lowest BCUT2D eigenvalue weighted by atomic mass is 10.1. The fourth-order valence-electron chi connectivity index (χ4n) is 4.49. The van der Waals surface area contributed by atoms with Crippen LogP contribution in [0.5, 0.6) is 0 Å². The first-order valence-corrected chi connectivity index (χ1v) is 12.1. The molecule has 3 aliphatic rings. The Bertz CT molecular complexity index is 1350. The lowest BCUT2D eigenvalue weighted by molar-refractivity contribution is 0.138. The second-order valence-corrected chi connectivity index (χ2v) is 9.50. The molecule has 3 aromatic rings. The Balaban J connectivity index is 1.31. The third-order valence-corrected chi connectivity index (χ3v) is 7.16.